The van der Waals surface area contributed by atoms with Crippen LogP contribution in [-0.4, -0.2) is 11.1 Å². The van der Waals surface area contributed by atoms with Gasteiger partial charge in [-0.15, -0.1) is 0 Å². The van der Waals surface area contributed by atoms with Gasteiger partial charge in [0.2, 0.25) is 0 Å². The maximum absolute atomic E-state index is 11.4. The fourth-order valence-electron chi connectivity index (χ4n) is 1.79. The SMILES string of the molecule is CC(C)Cc1ccc(C=C2SC(=O)NC2=O)cc1. The zero-order chi connectivity index (χ0) is 13.1. The maximum Gasteiger partial charge on any atom is 0.290 e. The number of carbonyl (C=O) groups is 2. The minimum Gasteiger partial charge on any atom is -0.282 e. The Morgan fingerprint density at radius 1 is 1.22 bits per heavy atom. The summed E-state index contributed by atoms with van der Waals surface area (Å²) in [6.45, 7) is 4.36. The van der Waals surface area contributed by atoms with Crippen LogP contribution < -0.4 is 5.32 Å². The average Bonchev–Trinajstić information content (AvgIpc) is 2.59. The van der Waals surface area contributed by atoms with Crippen LogP contribution in [0, 0.1) is 5.92 Å². The van der Waals surface area contributed by atoms with Gasteiger partial charge < -0.3 is 0 Å². The van der Waals surface area contributed by atoms with Gasteiger partial charge in [-0.3, -0.25) is 14.9 Å². The Kier molecular flexibility index (Phi) is 3.87. The van der Waals surface area contributed by atoms with Crippen LogP contribution in [0.5, 0.6) is 0 Å². The van der Waals surface area contributed by atoms with Crippen molar-refractivity contribution in [3.05, 3.63) is 40.3 Å². The summed E-state index contributed by atoms with van der Waals surface area (Å²) in [7, 11) is 0. The Bertz CT molecular complexity index is 503. The monoisotopic (exact) mass is 261 g/mol. The van der Waals surface area contributed by atoms with Crippen LogP contribution in [-0.2, 0) is 11.2 Å². The minimum atomic E-state index is -0.309. The van der Waals surface area contributed by atoms with Crippen molar-refractivity contribution in [2.75, 3.05) is 0 Å². The molecule has 2 amide bonds. The van der Waals surface area contributed by atoms with E-state index in [2.05, 4.69) is 31.3 Å². The van der Waals surface area contributed by atoms with Gasteiger partial charge in [0.05, 0.1) is 4.91 Å². The molecule has 18 heavy (non-hydrogen) atoms. The van der Waals surface area contributed by atoms with Gasteiger partial charge in [-0.1, -0.05) is 38.1 Å². The fraction of sp³-hybridized carbons (Fsp3) is 0.286. The molecule has 1 fully saturated rings. The Hall–Kier alpha value is -1.55. The molecule has 1 aliphatic rings. The first-order valence-corrected chi connectivity index (χ1v) is 6.70. The first-order chi connectivity index (χ1) is 8.54. The molecule has 3 nitrogen and oxygen atoms in total. The second kappa shape index (κ2) is 5.40. The number of thioether (sulfide) groups is 1. The molecule has 4 heteroatoms. The standard InChI is InChI=1S/C14H15NO2S/c1-9(2)7-10-3-5-11(6-4-10)8-12-13(16)15-14(17)18-12/h3-6,8-9H,7H2,1-2H3,(H,15,16,17). The third kappa shape index (κ3) is 3.23. The zero-order valence-electron chi connectivity index (χ0n) is 10.4. The molecule has 0 bridgehead atoms. The summed E-state index contributed by atoms with van der Waals surface area (Å²) in [6.07, 6.45) is 2.79. The Balaban J connectivity index is 2.13. The van der Waals surface area contributed by atoms with E-state index in [9.17, 15) is 9.59 Å². The molecular formula is C14H15NO2S. The molecule has 1 heterocycles. The van der Waals surface area contributed by atoms with Crippen molar-refractivity contribution in [3.63, 3.8) is 0 Å². The van der Waals surface area contributed by atoms with Gasteiger partial charge in [0.1, 0.15) is 0 Å². The third-order valence-electron chi connectivity index (χ3n) is 2.56. The summed E-state index contributed by atoms with van der Waals surface area (Å²) in [4.78, 5) is 22.9. The molecule has 1 aromatic carbocycles. The lowest BCUT2D eigenvalue weighted by atomic mass is 10.0. The largest absolute Gasteiger partial charge is 0.290 e. The summed E-state index contributed by atoms with van der Waals surface area (Å²) in [6, 6.07) is 8.07. The van der Waals surface area contributed by atoms with Gasteiger partial charge in [0.15, 0.2) is 0 Å². The van der Waals surface area contributed by atoms with E-state index < -0.39 is 0 Å². The van der Waals surface area contributed by atoms with Gasteiger partial charge in [0, 0.05) is 0 Å². The number of imide groups is 1. The quantitative estimate of drug-likeness (QED) is 0.850. The summed E-state index contributed by atoms with van der Waals surface area (Å²) >= 11 is 0.945. The van der Waals surface area contributed by atoms with Crippen LogP contribution in [0.2, 0.25) is 0 Å². The number of benzene rings is 1. The number of carbonyl (C=O) groups excluding carboxylic acids is 2. The molecule has 0 aliphatic carbocycles. The smallest absolute Gasteiger partial charge is 0.282 e. The molecule has 0 atom stereocenters. The highest BCUT2D eigenvalue weighted by Gasteiger charge is 2.24. The van der Waals surface area contributed by atoms with Crippen molar-refractivity contribution in [2.24, 2.45) is 5.92 Å². The Morgan fingerprint density at radius 3 is 2.39 bits per heavy atom. The molecule has 0 unspecified atom stereocenters. The molecule has 2 rings (SSSR count). The van der Waals surface area contributed by atoms with E-state index in [1.54, 1.807) is 6.08 Å². The lowest BCUT2D eigenvalue weighted by molar-refractivity contribution is -0.115. The van der Waals surface area contributed by atoms with Crippen LogP contribution in [0.4, 0.5) is 4.79 Å². The highest BCUT2D eigenvalue weighted by atomic mass is 32.2. The number of amides is 2. The lowest BCUT2D eigenvalue weighted by Gasteiger charge is -2.04. The average molecular weight is 261 g/mol. The first kappa shape index (κ1) is 12.9. The second-order valence-corrected chi connectivity index (χ2v) is 5.71. The molecule has 94 valence electrons. The van der Waals surface area contributed by atoms with Crippen molar-refractivity contribution < 1.29 is 9.59 Å². The van der Waals surface area contributed by atoms with Gasteiger partial charge in [-0.05, 0) is 41.3 Å². The second-order valence-electron chi connectivity index (χ2n) is 4.69. The maximum atomic E-state index is 11.4. The molecule has 1 aromatic rings. The number of hydrogen-bond acceptors (Lipinski definition) is 3. The van der Waals surface area contributed by atoms with E-state index in [-0.39, 0.29) is 11.1 Å². The Labute approximate surface area is 111 Å². The normalized spacial score (nSPS) is 17.6. The predicted molar refractivity (Wildman–Crippen MR) is 74.1 cm³/mol. The predicted octanol–water partition coefficient (Wildman–Crippen LogP) is 3.21. The number of rotatable bonds is 3. The van der Waals surface area contributed by atoms with E-state index in [1.165, 1.54) is 5.56 Å². The summed E-state index contributed by atoms with van der Waals surface area (Å²) in [5.74, 6) is 0.319. The van der Waals surface area contributed by atoms with Crippen LogP contribution in [0.3, 0.4) is 0 Å². The fourth-order valence-corrected chi connectivity index (χ4v) is 2.48. The van der Waals surface area contributed by atoms with Crippen LogP contribution in [0.25, 0.3) is 6.08 Å². The molecule has 0 aromatic heterocycles. The van der Waals surface area contributed by atoms with Gasteiger partial charge in [-0.25, -0.2) is 0 Å². The first-order valence-electron chi connectivity index (χ1n) is 5.88. The zero-order valence-corrected chi connectivity index (χ0v) is 11.2. The van der Waals surface area contributed by atoms with E-state index in [1.807, 2.05) is 12.1 Å². The molecule has 0 radical (unpaired) electrons. The number of hydrogen-bond donors (Lipinski definition) is 1. The molecule has 0 saturated carbocycles. The van der Waals surface area contributed by atoms with Crippen molar-refractivity contribution in [1.82, 2.24) is 5.32 Å². The molecule has 1 saturated heterocycles. The van der Waals surface area contributed by atoms with Crippen molar-refractivity contribution in [1.29, 1.82) is 0 Å². The molecule has 1 N–H and O–H groups in total. The minimum absolute atomic E-state index is 0.303. The molecule has 0 spiro atoms. The van der Waals surface area contributed by atoms with Crippen LogP contribution in [0.1, 0.15) is 25.0 Å². The lowest BCUT2D eigenvalue weighted by Crippen LogP contribution is -2.17. The Morgan fingerprint density at radius 2 is 1.89 bits per heavy atom. The van der Waals surface area contributed by atoms with E-state index in [4.69, 9.17) is 0 Å². The summed E-state index contributed by atoms with van der Waals surface area (Å²) < 4.78 is 0. The van der Waals surface area contributed by atoms with Crippen molar-refractivity contribution in [3.8, 4) is 0 Å². The van der Waals surface area contributed by atoms with Crippen molar-refractivity contribution in [2.45, 2.75) is 20.3 Å². The summed E-state index contributed by atoms with van der Waals surface area (Å²) in [5.41, 5.74) is 2.22. The third-order valence-corrected chi connectivity index (χ3v) is 3.37. The highest BCUT2D eigenvalue weighted by molar-refractivity contribution is 8.18. The topological polar surface area (TPSA) is 46.2 Å². The number of nitrogens with one attached hydrogen (secondary N) is 1. The van der Waals surface area contributed by atoms with Gasteiger partial charge >= 0.3 is 0 Å². The van der Waals surface area contributed by atoms with Gasteiger partial charge in [-0.2, -0.15) is 0 Å². The van der Waals surface area contributed by atoms with Gasteiger partial charge in [0.25, 0.3) is 11.1 Å². The highest BCUT2D eigenvalue weighted by Crippen LogP contribution is 2.25. The summed E-state index contributed by atoms with van der Waals surface area (Å²) in [5, 5.41) is 1.94. The molecule has 1 aliphatic heterocycles. The van der Waals surface area contributed by atoms with E-state index in [0.29, 0.717) is 10.8 Å². The van der Waals surface area contributed by atoms with Crippen LogP contribution in [0.15, 0.2) is 29.2 Å². The van der Waals surface area contributed by atoms with E-state index in [0.717, 1.165) is 23.7 Å². The van der Waals surface area contributed by atoms with Crippen LogP contribution >= 0.6 is 11.8 Å². The van der Waals surface area contributed by atoms with Crippen molar-refractivity contribution >= 4 is 29.0 Å². The molecular weight excluding hydrogens is 246 g/mol. The van der Waals surface area contributed by atoms with E-state index >= 15 is 0 Å².